The van der Waals surface area contributed by atoms with Crippen molar-refractivity contribution in [1.29, 1.82) is 0 Å². The molecule has 1 amide bonds. The van der Waals surface area contributed by atoms with Gasteiger partial charge in [0.2, 0.25) is 11.7 Å². The van der Waals surface area contributed by atoms with Crippen molar-refractivity contribution in [3.05, 3.63) is 53.3 Å². The summed E-state index contributed by atoms with van der Waals surface area (Å²) in [6, 6.07) is 13.6. The summed E-state index contributed by atoms with van der Waals surface area (Å²) in [5, 5.41) is 4.12. The van der Waals surface area contributed by atoms with Crippen LogP contribution in [0.3, 0.4) is 0 Å². The molecule has 152 valence electrons. The standard InChI is InChI=1S/C22H20BrN5O2/c23-17-5-3-4-16(12-17)22-25-21(26-30-22)15-6-7-19-18(13-15)24-14-28(19)11-8-20(29)27-9-1-2-10-27/h3-7,12-14H,1-2,8-11H2. The number of fused-ring (bicyclic) bond motifs is 1. The Morgan fingerprint density at radius 1 is 1.10 bits per heavy atom. The minimum atomic E-state index is 0.220. The molecule has 0 aliphatic carbocycles. The number of amides is 1. The number of aryl methyl sites for hydroxylation is 1. The van der Waals surface area contributed by atoms with Crippen LogP contribution in [0.15, 0.2) is 57.8 Å². The van der Waals surface area contributed by atoms with Gasteiger partial charge in [-0.2, -0.15) is 4.98 Å². The lowest BCUT2D eigenvalue weighted by Gasteiger charge is -2.15. The van der Waals surface area contributed by atoms with Crippen LogP contribution in [-0.4, -0.2) is 43.6 Å². The minimum Gasteiger partial charge on any atom is -0.343 e. The molecule has 0 spiro atoms. The molecule has 5 rings (SSSR count). The van der Waals surface area contributed by atoms with Crippen LogP contribution in [0.2, 0.25) is 0 Å². The second-order valence-corrected chi connectivity index (χ2v) is 8.33. The quantitative estimate of drug-likeness (QED) is 0.432. The molecule has 0 saturated carbocycles. The number of likely N-dealkylation sites (tertiary alicyclic amines) is 1. The molecule has 1 fully saturated rings. The topological polar surface area (TPSA) is 77.0 Å². The lowest BCUT2D eigenvalue weighted by Crippen LogP contribution is -2.28. The van der Waals surface area contributed by atoms with Crippen LogP contribution in [0.4, 0.5) is 0 Å². The third-order valence-corrected chi connectivity index (χ3v) is 5.90. The van der Waals surface area contributed by atoms with E-state index in [1.807, 2.05) is 51.9 Å². The van der Waals surface area contributed by atoms with Gasteiger partial charge in [0.15, 0.2) is 0 Å². The van der Waals surface area contributed by atoms with Crippen molar-refractivity contribution in [3.8, 4) is 22.8 Å². The predicted molar refractivity (Wildman–Crippen MR) is 117 cm³/mol. The number of hydrogen-bond donors (Lipinski definition) is 0. The maximum absolute atomic E-state index is 12.3. The average molecular weight is 466 g/mol. The highest BCUT2D eigenvalue weighted by molar-refractivity contribution is 9.10. The number of hydrogen-bond acceptors (Lipinski definition) is 5. The van der Waals surface area contributed by atoms with Crippen molar-refractivity contribution >= 4 is 32.9 Å². The van der Waals surface area contributed by atoms with E-state index in [1.165, 1.54) is 0 Å². The number of carbonyl (C=O) groups excluding carboxylic acids is 1. The largest absolute Gasteiger partial charge is 0.343 e. The van der Waals surface area contributed by atoms with E-state index >= 15 is 0 Å². The van der Waals surface area contributed by atoms with Gasteiger partial charge in [-0.25, -0.2) is 4.98 Å². The monoisotopic (exact) mass is 465 g/mol. The summed E-state index contributed by atoms with van der Waals surface area (Å²) >= 11 is 3.46. The summed E-state index contributed by atoms with van der Waals surface area (Å²) in [6.07, 6.45) is 4.51. The summed E-state index contributed by atoms with van der Waals surface area (Å²) in [5.74, 6) is 1.21. The number of imidazole rings is 1. The van der Waals surface area contributed by atoms with Crippen molar-refractivity contribution in [2.24, 2.45) is 0 Å². The molecule has 30 heavy (non-hydrogen) atoms. The first-order valence-corrected chi connectivity index (χ1v) is 10.8. The molecule has 0 radical (unpaired) electrons. The molecule has 4 aromatic rings. The van der Waals surface area contributed by atoms with E-state index < -0.39 is 0 Å². The van der Waals surface area contributed by atoms with E-state index in [2.05, 4.69) is 31.1 Å². The number of aromatic nitrogens is 4. The fraction of sp³-hybridized carbons (Fsp3) is 0.273. The zero-order valence-electron chi connectivity index (χ0n) is 16.3. The number of rotatable bonds is 5. The molecule has 3 heterocycles. The van der Waals surface area contributed by atoms with Gasteiger partial charge in [-0.3, -0.25) is 4.79 Å². The van der Waals surface area contributed by atoms with Crippen molar-refractivity contribution in [3.63, 3.8) is 0 Å². The summed E-state index contributed by atoms with van der Waals surface area (Å²) in [5.41, 5.74) is 3.53. The number of carbonyl (C=O) groups is 1. The lowest BCUT2D eigenvalue weighted by molar-refractivity contribution is -0.130. The van der Waals surface area contributed by atoms with Crippen molar-refractivity contribution in [2.75, 3.05) is 13.1 Å². The first-order chi connectivity index (χ1) is 14.7. The summed E-state index contributed by atoms with van der Waals surface area (Å²) < 4.78 is 8.42. The van der Waals surface area contributed by atoms with Gasteiger partial charge in [-0.1, -0.05) is 27.2 Å². The maximum atomic E-state index is 12.3. The van der Waals surface area contributed by atoms with Gasteiger partial charge in [-0.05, 0) is 49.2 Å². The molecule has 0 N–H and O–H groups in total. The van der Waals surface area contributed by atoms with Crippen LogP contribution in [0, 0.1) is 0 Å². The Labute approximate surface area is 181 Å². The Bertz CT molecular complexity index is 1210. The first kappa shape index (κ1) is 19.0. The maximum Gasteiger partial charge on any atom is 0.258 e. The van der Waals surface area contributed by atoms with Gasteiger partial charge < -0.3 is 14.0 Å². The van der Waals surface area contributed by atoms with Crippen molar-refractivity contribution in [2.45, 2.75) is 25.8 Å². The van der Waals surface area contributed by atoms with Crippen LogP contribution < -0.4 is 0 Å². The zero-order valence-corrected chi connectivity index (χ0v) is 17.9. The summed E-state index contributed by atoms with van der Waals surface area (Å²) in [7, 11) is 0. The molecular weight excluding hydrogens is 446 g/mol. The normalized spacial score (nSPS) is 14.0. The van der Waals surface area contributed by atoms with Gasteiger partial charge >= 0.3 is 0 Å². The highest BCUT2D eigenvalue weighted by Crippen LogP contribution is 2.26. The number of benzene rings is 2. The Balaban J connectivity index is 1.34. The van der Waals surface area contributed by atoms with E-state index in [0.717, 1.165) is 52.6 Å². The molecular formula is C22H20BrN5O2. The molecule has 1 aliphatic rings. The van der Waals surface area contributed by atoms with Crippen LogP contribution in [0.5, 0.6) is 0 Å². The van der Waals surface area contributed by atoms with Gasteiger partial charge in [0.25, 0.3) is 5.89 Å². The Morgan fingerprint density at radius 2 is 1.97 bits per heavy atom. The predicted octanol–water partition coefficient (Wildman–Crippen LogP) is 4.53. The molecule has 2 aromatic heterocycles. The third kappa shape index (κ3) is 3.75. The average Bonchev–Trinajstić information content (AvgIpc) is 3.52. The van der Waals surface area contributed by atoms with Gasteiger partial charge in [0, 0.05) is 41.7 Å². The van der Waals surface area contributed by atoms with E-state index in [-0.39, 0.29) is 5.91 Å². The van der Waals surface area contributed by atoms with Crippen molar-refractivity contribution in [1.82, 2.24) is 24.6 Å². The highest BCUT2D eigenvalue weighted by Gasteiger charge is 2.18. The molecule has 2 aromatic carbocycles. The highest BCUT2D eigenvalue weighted by atomic mass is 79.9. The van der Waals surface area contributed by atoms with E-state index in [9.17, 15) is 4.79 Å². The fourth-order valence-electron chi connectivity index (χ4n) is 3.80. The van der Waals surface area contributed by atoms with Crippen molar-refractivity contribution < 1.29 is 9.32 Å². The van der Waals surface area contributed by atoms with Gasteiger partial charge in [-0.15, -0.1) is 0 Å². The molecule has 0 bridgehead atoms. The smallest absolute Gasteiger partial charge is 0.258 e. The summed E-state index contributed by atoms with van der Waals surface area (Å²) in [4.78, 5) is 23.3. The molecule has 1 saturated heterocycles. The zero-order chi connectivity index (χ0) is 20.5. The first-order valence-electron chi connectivity index (χ1n) is 10.00. The van der Waals surface area contributed by atoms with Crippen LogP contribution in [-0.2, 0) is 11.3 Å². The fourth-order valence-corrected chi connectivity index (χ4v) is 4.20. The van der Waals surface area contributed by atoms with E-state index in [1.54, 1.807) is 6.33 Å². The van der Waals surface area contributed by atoms with Crippen LogP contribution in [0.1, 0.15) is 19.3 Å². The Morgan fingerprint density at radius 3 is 2.80 bits per heavy atom. The van der Waals surface area contributed by atoms with Gasteiger partial charge in [0.1, 0.15) is 0 Å². The second kappa shape index (κ2) is 8.02. The lowest BCUT2D eigenvalue weighted by atomic mass is 10.2. The number of nitrogens with zero attached hydrogens (tertiary/aromatic N) is 5. The SMILES string of the molecule is O=C(CCn1cnc2cc(-c3noc(-c4cccc(Br)c4)n3)ccc21)N1CCCC1. The van der Waals surface area contributed by atoms with Crippen LogP contribution in [0.25, 0.3) is 33.9 Å². The van der Waals surface area contributed by atoms with Gasteiger partial charge in [0.05, 0.1) is 17.4 Å². The summed E-state index contributed by atoms with van der Waals surface area (Å²) in [6.45, 7) is 2.40. The number of halogens is 1. The Kier molecular flexibility index (Phi) is 5.08. The van der Waals surface area contributed by atoms with E-state index in [4.69, 9.17) is 4.52 Å². The van der Waals surface area contributed by atoms with Crippen LogP contribution >= 0.6 is 15.9 Å². The molecule has 7 nitrogen and oxygen atoms in total. The molecule has 0 atom stereocenters. The van der Waals surface area contributed by atoms with E-state index in [0.29, 0.717) is 24.7 Å². The minimum absolute atomic E-state index is 0.220. The second-order valence-electron chi connectivity index (χ2n) is 7.41. The Hall–Kier alpha value is -3.00. The molecule has 8 heteroatoms. The third-order valence-electron chi connectivity index (χ3n) is 5.40. The molecule has 0 unspecified atom stereocenters. The molecule has 1 aliphatic heterocycles.